The first-order chi connectivity index (χ1) is 62.1. The summed E-state index contributed by atoms with van der Waals surface area (Å²) in [6.45, 7) is 29.0. The van der Waals surface area contributed by atoms with E-state index in [-0.39, 0.29) is 212 Å². The third-order valence-electron chi connectivity index (χ3n) is 20.3. The first kappa shape index (κ1) is 128. The van der Waals surface area contributed by atoms with Crippen LogP contribution < -0.4 is 42.6 Å². The van der Waals surface area contributed by atoms with Gasteiger partial charge in [-0.2, -0.15) is 13.2 Å². The van der Waals surface area contributed by atoms with Crippen LogP contribution in [0.2, 0.25) is 0 Å². The van der Waals surface area contributed by atoms with Crippen LogP contribution in [-0.4, -0.2) is 118 Å². The lowest BCUT2D eigenvalue weighted by Gasteiger charge is -2.23. The zero-order valence-corrected chi connectivity index (χ0v) is 76.7. The number of phenols is 1. The Morgan fingerprint density at radius 2 is 0.679 bits per heavy atom. The van der Waals surface area contributed by atoms with Gasteiger partial charge in [0.1, 0.15) is 162 Å². The SMILES string of the molecule is C.C.C.C.C.C.C=COCc1cc(F)cc(COC=C)c1OCCOc1ccc(C(C)(C)CC)cc1.CCC(C)(C)c1ccc(OCCOc2c(COCOC)cc(C(F)(F)F)cc2COCOC)cc1.CCC(C)(F)c1ccc(OCCOc2c(COC(F)(F)F)cc(OC)cc2COC(F)(F)F)cc1.CCC(C)c1ccc(OCCOc2c(COC(C)=O)cc(O)cc2COC(C)=O)cc1. The second-order valence-electron chi connectivity index (χ2n) is 30.8. The van der Waals surface area contributed by atoms with E-state index in [4.69, 9.17) is 80.5 Å². The minimum absolute atomic E-state index is 0. The van der Waals surface area contributed by atoms with Crippen LogP contribution in [0.1, 0.15) is 232 Å². The van der Waals surface area contributed by atoms with Gasteiger partial charge in [-0.15, -0.1) is 26.3 Å². The van der Waals surface area contributed by atoms with Gasteiger partial charge < -0.3 is 85.6 Å². The lowest BCUT2D eigenvalue weighted by atomic mass is 9.82. The normalized spacial score (nSPS) is 11.6. The maximum Gasteiger partial charge on any atom is 0.522 e. The van der Waals surface area contributed by atoms with Crippen molar-refractivity contribution in [3.8, 4) is 57.5 Å². The molecule has 8 aromatic rings. The number of methoxy groups -OCH3 is 3. The largest absolute Gasteiger partial charge is 0.522 e. The van der Waals surface area contributed by atoms with Gasteiger partial charge in [0.15, 0.2) is 0 Å². The number of carbonyl (C=O) groups excluding carboxylic acids is 2. The molecule has 22 nitrogen and oxygen atoms in total. The Morgan fingerprint density at radius 1 is 0.380 bits per heavy atom. The van der Waals surface area contributed by atoms with Gasteiger partial charge in [-0.05, 0) is 169 Å². The molecule has 0 fully saturated rings. The van der Waals surface area contributed by atoms with Crippen LogP contribution in [0.3, 0.4) is 0 Å². The molecule has 0 heterocycles. The van der Waals surface area contributed by atoms with E-state index >= 15 is 0 Å². The van der Waals surface area contributed by atoms with Gasteiger partial charge in [0.2, 0.25) is 0 Å². The van der Waals surface area contributed by atoms with Crippen molar-refractivity contribution in [3.63, 3.8) is 0 Å². The molecule has 0 radical (unpaired) electrons. The average molecular weight is 1960 g/mol. The summed E-state index contributed by atoms with van der Waals surface area (Å²) >= 11 is 0. The van der Waals surface area contributed by atoms with Crippen molar-refractivity contribution >= 4 is 11.9 Å². The molecule has 0 amide bonds. The second-order valence-corrected chi connectivity index (χ2v) is 30.8. The van der Waals surface area contributed by atoms with Crippen LogP contribution in [-0.2, 0) is 132 Å². The molecule has 770 valence electrons. The van der Waals surface area contributed by atoms with Crippen LogP contribution in [0, 0.1) is 5.82 Å². The fraction of sp³-hybridized carbons (Fsp3) is 0.481. The molecule has 8 aromatic carbocycles. The Labute approximate surface area is 803 Å². The smallest absolute Gasteiger partial charge is 0.508 e. The molecule has 0 aliphatic carbocycles. The Balaban J connectivity index is 0. The molecular weight excluding hydrogens is 1810 g/mol. The molecule has 2 atom stereocenters. The molecular formula is C104H145F11O22. The average Bonchev–Trinajstić information content (AvgIpc) is 0.800. The van der Waals surface area contributed by atoms with E-state index in [0.29, 0.717) is 63.3 Å². The van der Waals surface area contributed by atoms with E-state index in [1.54, 1.807) is 31.2 Å². The molecule has 2 unspecified atom stereocenters. The maximum absolute atomic E-state index is 14.3. The Hall–Kier alpha value is -11.2. The van der Waals surface area contributed by atoms with Crippen molar-refractivity contribution in [1.29, 1.82) is 0 Å². The van der Waals surface area contributed by atoms with E-state index in [9.17, 15) is 63.0 Å². The number of phenolic OH excluding ortho intramolecular Hbond substituents is 1. The van der Waals surface area contributed by atoms with Gasteiger partial charge in [-0.3, -0.25) is 19.1 Å². The first-order valence-corrected chi connectivity index (χ1v) is 42.0. The number of ether oxygens (including phenoxy) is 19. The first-order valence-electron chi connectivity index (χ1n) is 42.0. The van der Waals surface area contributed by atoms with Crippen molar-refractivity contribution in [3.05, 3.63) is 249 Å². The van der Waals surface area contributed by atoms with E-state index in [1.807, 2.05) is 48.5 Å². The van der Waals surface area contributed by atoms with E-state index in [2.05, 4.69) is 102 Å². The fourth-order valence-corrected chi connectivity index (χ4v) is 12.1. The molecule has 0 saturated heterocycles. The third-order valence-corrected chi connectivity index (χ3v) is 20.3. The van der Waals surface area contributed by atoms with Crippen LogP contribution in [0.25, 0.3) is 0 Å². The van der Waals surface area contributed by atoms with Crippen molar-refractivity contribution in [2.75, 3.05) is 87.8 Å². The van der Waals surface area contributed by atoms with Crippen molar-refractivity contribution < 1.29 is 153 Å². The summed E-state index contributed by atoms with van der Waals surface area (Å²) in [5.41, 5.74) is 4.27. The number of aromatic hydroxyl groups is 1. The van der Waals surface area contributed by atoms with Gasteiger partial charge >= 0.3 is 30.8 Å². The van der Waals surface area contributed by atoms with Crippen LogP contribution in [0.5, 0.6) is 57.5 Å². The van der Waals surface area contributed by atoms with Crippen LogP contribution in [0.15, 0.2) is 171 Å². The summed E-state index contributed by atoms with van der Waals surface area (Å²) in [6, 6.07) is 40.2. The van der Waals surface area contributed by atoms with Crippen LogP contribution >= 0.6 is 0 Å². The van der Waals surface area contributed by atoms with Crippen LogP contribution in [0.4, 0.5) is 48.3 Å². The number of rotatable bonds is 51. The van der Waals surface area contributed by atoms with E-state index in [1.165, 1.54) is 95.6 Å². The highest BCUT2D eigenvalue weighted by atomic mass is 19.4. The van der Waals surface area contributed by atoms with Gasteiger partial charge in [-0.1, -0.05) is 169 Å². The molecule has 0 spiro atoms. The lowest BCUT2D eigenvalue weighted by Crippen LogP contribution is -2.17. The van der Waals surface area contributed by atoms with Gasteiger partial charge in [0.25, 0.3) is 0 Å². The summed E-state index contributed by atoms with van der Waals surface area (Å²) in [7, 11) is 4.06. The second kappa shape index (κ2) is 64.0. The molecule has 0 saturated carbocycles. The fourth-order valence-electron chi connectivity index (χ4n) is 12.1. The number of hydrogen-bond acceptors (Lipinski definition) is 22. The third kappa shape index (κ3) is 46.2. The summed E-state index contributed by atoms with van der Waals surface area (Å²) in [5.74, 6) is 2.58. The highest BCUT2D eigenvalue weighted by Gasteiger charge is 2.35. The van der Waals surface area contributed by atoms with Gasteiger partial charge in [0.05, 0.1) is 51.6 Å². The molecule has 137 heavy (non-hydrogen) atoms. The Morgan fingerprint density at radius 3 is 0.956 bits per heavy atom. The Kier molecular flexibility index (Phi) is 59.7. The standard InChI is InChI=1S/C26H35F3O6.C25H31FO4.C24H30O7.C23H25F7O5.6CH4/c1-6-25(2,3)21-7-9-23(10-8-21)34-11-12-35-24-19(15-32-17-30-4)13-22(26(27,28)29)14-20(24)16-33-18-31-5;1-6-25(4,5)21-9-11-23(12-10-21)29-13-14-30-24-19(17-27-7-2)15-22(26)16-20(24)18-28-8-3;1-5-16(2)19-6-8-23(9-7-19)28-10-11-29-24-20(14-30-17(3)25)12-22(27)13-21(24)15-31-18(4)26;1-4-21(2,24)17-5-7-18(8-6-17)32-9-10-33-20-15(13-34-22(25,26)27)11-19(31-3)12-16(20)14-35-23(28,29)30;;;;;;/h7-10,13-14H,6,11-12,15-18H2,1-5H3;7-12,15-16H,2-3,6,13-14,17-18H2,1,4-5H3;6-9,12-13,16,27H,5,10-11,14-15H2,1-4H3;5-8,11-12H,4,9-10,13-14H2,1-3H3;6*1H4. The molecule has 0 aromatic heterocycles. The Bertz CT molecular complexity index is 4590. The minimum Gasteiger partial charge on any atom is -0.508 e. The minimum atomic E-state index is -4.98. The highest BCUT2D eigenvalue weighted by Crippen LogP contribution is 2.40. The maximum atomic E-state index is 14.3. The summed E-state index contributed by atoms with van der Waals surface area (Å²) < 4.78 is 244. The zero-order valence-electron chi connectivity index (χ0n) is 76.7. The summed E-state index contributed by atoms with van der Waals surface area (Å²) in [6.07, 6.45) is -8.45. The summed E-state index contributed by atoms with van der Waals surface area (Å²) in [5, 5.41) is 9.99. The number of halogens is 11. The van der Waals surface area contributed by atoms with Gasteiger partial charge in [0, 0.05) is 72.6 Å². The topological polar surface area (TPSA) is 230 Å². The molecule has 0 aliphatic rings. The van der Waals surface area contributed by atoms with Crippen molar-refractivity contribution in [1.82, 2.24) is 0 Å². The molecule has 8 rings (SSSR count). The van der Waals surface area contributed by atoms with E-state index < -0.39 is 55.3 Å². The lowest BCUT2D eigenvalue weighted by molar-refractivity contribution is -0.330. The molecule has 33 heteroatoms. The molecule has 0 bridgehead atoms. The molecule has 0 aliphatic heterocycles. The number of esters is 2. The zero-order chi connectivity index (χ0) is 97.0. The van der Waals surface area contributed by atoms with Crippen molar-refractivity contribution in [2.45, 2.75) is 248 Å². The number of benzene rings is 8. The number of hydrogen-bond donors (Lipinski definition) is 1. The monoisotopic (exact) mass is 1960 g/mol. The predicted molar refractivity (Wildman–Crippen MR) is 509 cm³/mol. The van der Waals surface area contributed by atoms with Crippen molar-refractivity contribution in [2.24, 2.45) is 0 Å². The summed E-state index contributed by atoms with van der Waals surface area (Å²) in [4.78, 5) is 22.4. The number of alkyl halides is 10. The quantitative estimate of drug-likeness (QED) is 0.0123. The highest BCUT2D eigenvalue weighted by molar-refractivity contribution is 5.67. The number of carbonyl (C=O) groups is 2. The van der Waals surface area contributed by atoms with E-state index in [0.717, 1.165) is 55.0 Å². The predicted octanol–water partition coefficient (Wildman–Crippen LogP) is 27.5. The van der Waals surface area contributed by atoms with Gasteiger partial charge in [-0.25, -0.2) is 8.78 Å². The molecule has 1 N–H and O–H groups in total.